The van der Waals surface area contributed by atoms with Gasteiger partial charge in [-0.05, 0) is 55.0 Å². The molecule has 0 fully saturated rings. The lowest BCUT2D eigenvalue weighted by Gasteiger charge is -2.13. The molecule has 0 aliphatic carbocycles. The van der Waals surface area contributed by atoms with Gasteiger partial charge in [0.2, 0.25) is 5.91 Å². The van der Waals surface area contributed by atoms with Crippen LogP contribution in [0, 0.1) is 5.92 Å². The number of hydrogen-bond donors (Lipinski definition) is 2. The topological polar surface area (TPSA) is 117 Å². The van der Waals surface area contributed by atoms with Crippen LogP contribution in [0.3, 0.4) is 0 Å². The zero-order valence-corrected chi connectivity index (χ0v) is 20.6. The molecule has 0 spiro atoms. The number of benzene rings is 2. The van der Waals surface area contributed by atoms with Crippen molar-refractivity contribution in [1.82, 2.24) is 5.32 Å². The molecule has 0 aliphatic heterocycles. The maximum absolute atomic E-state index is 12.6. The van der Waals surface area contributed by atoms with Gasteiger partial charge in [-0.1, -0.05) is 44.2 Å². The number of ether oxygens (including phenoxy) is 2. The molecule has 2 rings (SSSR count). The molecule has 0 radical (unpaired) electrons. The van der Waals surface area contributed by atoms with E-state index in [-0.39, 0.29) is 23.0 Å². The number of para-hydroxylation sites is 1. The van der Waals surface area contributed by atoms with Crippen molar-refractivity contribution >= 4 is 23.1 Å². The van der Waals surface area contributed by atoms with Crippen molar-refractivity contribution in [2.45, 2.75) is 46.1 Å². The monoisotopic (exact) mass is 488 g/mol. The van der Waals surface area contributed by atoms with Crippen molar-refractivity contribution in [2.24, 2.45) is 11.1 Å². The van der Waals surface area contributed by atoms with E-state index in [1.54, 1.807) is 30.3 Å². The van der Waals surface area contributed by atoms with Crippen LogP contribution in [0.1, 0.15) is 55.5 Å². The van der Waals surface area contributed by atoms with Gasteiger partial charge < -0.3 is 19.0 Å². The molecule has 1 amide bonds. The van der Waals surface area contributed by atoms with Gasteiger partial charge >= 0.3 is 5.97 Å². The van der Waals surface area contributed by atoms with E-state index in [0.29, 0.717) is 24.6 Å². The smallest absolute Gasteiger partial charge is 0.347 e. The largest absolute Gasteiger partial charge is 0.493 e. The molecular weight excluding hydrogens is 456 g/mol. The Morgan fingerprint density at radius 1 is 1.09 bits per heavy atom. The molecule has 34 heavy (non-hydrogen) atoms. The van der Waals surface area contributed by atoms with Gasteiger partial charge in [-0.2, -0.15) is 4.21 Å². The summed E-state index contributed by atoms with van der Waals surface area (Å²) < 4.78 is 26.9. The molecule has 9 heteroatoms. The summed E-state index contributed by atoms with van der Waals surface area (Å²) in [5, 5.41) is 8.05. The van der Waals surface area contributed by atoms with E-state index in [1.807, 2.05) is 0 Å². The molecule has 0 heterocycles. The lowest BCUT2D eigenvalue weighted by molar-refractivity contribution is -0.121. The number of esters is 1. The summed E-state index contributed by atoms with van der Waals surface area (Å²) >= 11 is -2.08. The third-order valence-electron chi connectivity index (χ3n) is 4.74. The molecule has 3 N–H and O–H groups in total. The van der Waals surface area contributed by atoms with E-state index in [2.05, 4.69) is 31.3 Å². The third kappa shape index (κ3) is 9.36. The summed E-state index contributed by atoms with van der Waals surface area (Å²) in [7, 11) is 1.46. The van der Waals surface area contributed by atoms with E-state index in [4.69, 9.17) is 18.8 Å². The number of hydrogen-bond acceptors (Lipinski definition) is 6. The Balaban J connectivity index is 1.91. The molecule has 0 aliphatic rings. The minimum Gasteiger partial charge on any atom is -0.493 e. The molecule has 2 aromatic rings. The summed E-state index contributed by atoms with van der Waals surface area (Å²) in [6, 6.07) is 11.2. The van der Waals surface area contributed by atoms with Gasteiger partial charge in [0.25, 0.3) is 11.3 Å². The van der Waals surface area contributed by atoms with Crippen LogP contribution in [0.15, 0.2) is 54.6 Å². The number of rotatable bonds is 13. The van der Waals surface area contributed by atoms with Crippen LogP contribution in [0.25, 0.3) is 0 Å². The zero-order chi connectivity index (χ0) is 24.9. The summed E-state index contributed by atoms with van der Waals surface area (Å²) in [5.41, 5.74) is 0.867. The lowest BCUT2D eigenvalue weighted by Crippen LogP contribution is -2.22. The minimum absolute atomic E-state index is 0.0174. The molecule has 1 atom stereocenters. The predicted octanol–water partition coefficient (Wildman–Crippen LogP) is 4.22. The highest BCUT2D eigenvalue weighted by Crippen LogP contribution is 2.30. The van der Waals surface area contributed by atoms with Crippen molar-refractivity contribution < 1.29 is 27.5 Å². The predicted molar refractivity (Wildman–Crippen MR) is 132 cm³/mol. The molecule has 2 aromatic carbocycles. The Hall–Kier alpha value is -3.17. The fourth-order valence-electron chi connectivity index (χ4n) is 3.06. The fourth-order valence-corrected chi connectivity index (χ4v) is 3.39. The van der Waals surface area contributed by atoms with Crippen LogP contribution in [0.2, 0.25) is 0 Å². The van der Waals surface area contributed by atoms with E-state index in [1.165, 1.54) is 19.2 Å². The Morgan fingerprint density at radius 2 is 1.85 bits per heavy atom. The summed E-state index contributed by atoms with van der Waals surface area (Å²) in [6.07, 6.45) is 7.58. The SMILES string of the molecule is COc1cc(CNC(=O)CCCC/C=C/C(C)C)ccc1OC(=O)c1ccccc1OS(N)=O. The average Bonchev–Trinajstić information content (AvgIpc) is 2.80. The first-order valence-corrected chi connectivity index (χ1v) is 12.2. The van der Waals surface area contributed by atoms with E-state index >= 15 is 0 Å². The number of nitrogens with one attached hydrogen (secondary N) is 1. The number of carbonyl (C=O) groups is 2. The van der Waals surface area contributed by atoms with Gasteiger partial charge in [0.1, 0.15) is 5.56 Å². The maximum atomic E-state index is 12.6. The number of unbranched alkanes of at least 4 members (excludes halogenated alkanes) is 2. The second-order valence-corrected chi connectivity index (χ2v) is 8.60. The zero-order valence-electron chi connectivity index (χ0n) is 19.7. The van der Waals surface area contributed by atoms with Crippen molar-refractivity contribution in [3.63, 3.8) is 0 Å². The molecular formula is C25H32N2O6S. The van der Waals surface area contributed by atoms with Gasteiger partial charge in [-0.3, -0.25) is 4.79 Å². The molecule has 1 unspecified atom stereocenters. The first-order valence-electron chi connectivity index (χ1n) is 11.1. The van der Waals surface area contributed by atoms with Crippen LogP contribution in [0.4, 0.5) is 0 Å². The highest BCUT2D eigenvalue weighted by atomic mass is 32.2. The van der Waals surface area contributed by atoms with E-state index in [9.17, 15) is 13.8 Å². The van der Waals surface area contributed by atoms with Gasteiger partial charge in [-0.15, -0.1) is 0 Å². The maximum Gasteiger partial charge on any atom is 0.347 e. The van der Waals surface area contributed by atoms with E-state index in [0.717, 1.165) is 24.8 Å². The standard InChI is InChI=1S/C25H32N2O6S/c1-18(2)10-6-4-5-7-13-24(28)27-17-19-14-15-22(23(16-19)31-3)32-25(29)20-11-8-9-12-21(20)33-34(26)30/h6,8-12,14-16,18H,4-5,7,13,17,26H2,1-3H3,(H,27,28)/b10-6+. The number of methoxy groups -OCH3 is 1. The average molecular weight is 489 g/mol. The first-order chi connectivity index (χ1) is 16.3. The highest BCUT2D eigenvalue weighted by Gasteiger charge is 2.18. The Bertz CT molecular complexity index is 1020. The second-order valence-electron chi connectivity index (χ2n) is 7.91. The molecule has 0 aromatic heterocycles. The quantitative estimate of drug-likeness (QED) is 0.189. The van der Waals surface area contributed by atoms with Crippen LogP contribution in [-0.4, -0.2) is 23.2 Å². The molecule has 0 bridgehead atoms. The molecule has 8 nitrogen and oxygen atoms in total. The van der Waals surface area contributed by atoms with Gasteiger partial charge in [0, 0.05) is 13.0 Å². The lowest BCUT2D eigenvalue weighted by atomic mass is 10.1. The Morgan fingerprint density at radius 3 is 2.56 bits per heavy atom. The van der Waals surface area contributed by atoms with Crippen molar-refractivity contribution in [3.05, 3.63) is 65.7 Å². The number of amides is 1. The van der Waals surface area contributed by atoms with Crippen molar-refractivity contribution in [2.75, 3.05) is 7.11 Å². The van der Waals surface area contributed by atoms with Crippen LogP contribution < -0.4 is 24.1 Å². The Labute approximate surface area is 203 Å². The van der Waals surface area contributed by atoms with Gasteiger partial charge in [-0.25, -0.2) is 9.93 Å². The first kappa shape index (κ1) is 27.1. The van der Waals surface area contributed by atoms with Crippen LogP contribution in [-0.2, 0) is 22.6 Å². The fraction of sp³-hybridized carbons (Fsp3) is 0.360. The third-order valence-corrected chi connectivity index (χ3v) is 5.09. The van der Waals surface area contributed by atoms with Crippen molar-refractivity contribution in [3.8, 4) is 17.2 Å². The van der Waals surface area contributed by atoms with Crippen LogP contribution in [0.5, 0.6) is 17.2 Å². The van der Waals surface area contributed by atoms with Crippen molar-refractivity contribution in [1.29, 1.82) is 0 Å². The molecule has 0 saturated heterocycles. The normalized spacial score (nSPS) is 11.9. The van der Waals surface area contributed by atoms with Gasteiger partial charge in [0.05, 0.1) is 7.11 Å². The number of nitrogens with two attached hydrogens (primary N) is 1. The minimum atomic E-state index is -2.08. The second kappa shape index (κ2) is 14.2. The summed E-state index contributed by atoms with van der Waals surface area (Å²) in [5.74, 6) is 0.379. The van der Waals surface area contributed by atoms with E-state index < -0.39 is 17.2 Å². The molecule has 0 saturated carbocycles. The van der Waals surface area contributed by atoms with Gasteiger partial charge in [0.15, 0.2) is 17.2 Å². The number of allylic oxidation sites excluding steroid dienone is 2. The highest BCUT2D eigenvalue weighted by molar-refractivity contribution is 7.78. The molecule has 184 valence electrons. The summed E-state index contributed by atoms with van der Waals surface area (Å²) in [6.45, 7) is 4.60. The number of carbonyl (C=O) groups excluding carboxylic acids is 2. The van der Waals surface area contributed by atoms with Crippen LogP contribution >= 0.6 is 0 Å². The summed E-state index contributed by atoms with van der Waals surface area (Å²) in [4.78, 5) is 24.7. The Kier molecular flexibility index (Phi) is 11.3.